The van der Waals surface area contributed by atoms with Crippen LogP contribution in [0.4, 0.5) is 14.6 Å². The summed E-state index contributed by atoms with van der Waals surface area (Å²) in [6, 6.07) is 1.42. The van der Waals surface area contributed by atoms with Crippen molar-refractivity contribution in [2.45, 2.75) is 32.2 Å². The van der Waals surface area contributed by atoms with Gasteiger partial charge < -0.3 is 10.8 Å². The molecular formula is C9H15F2N3O. The van der Waals surface area contributed by atoms with Gasteiger partial charge in [0.25, 0.3) is 0 Å². The smallest absolute Gasteiger partial charge is 0.249 e. The highest BCUT2D eigenvalue weighted by atomic mass is 19.3. The zero-order chi connectivity index (χ0) is 11.6. The average molecular weight is 219 g/mol. The van der Waals surface area contributed by atoms with Crippen molar-refractivity contribution in [2.75, 3.05) is 12.3 Å². The summed E-state index contributed by atoms with van der Waals surface area (Å²) in [5.41, 5.74) is 4.48. The Hall–Kier alpha value is -1.17. The number of hydrogen-bond donors (Lipinski definition) is 2. The fourth-order valence-corrected chi connectivity index (χ4v) is 1.13. The number of halogens is 2. The molecule has 6 heteroatoms. The molecule has 1 aromatic heterocycles. The number of nitrogens with zero attached hydrogens (tertiary/aromatic N) is 2. The predicted molar refractivity (Wildman–Crippen MR) is 52.8 cm³/mol. The van der Waals surface area contributed by atoms with Gasteiger partial charge in [0.15, 0.2) is 0 Å². The molecule has 0 bridgehead atoms. The second-order valence-corrected chi connectivity index (χ2v) is 3.92. The molecule has 86 valence electrons. The van der Waals surface area contributed by atoms with Gasteiger partial charge in [0.05, 0.1) is 24.3 Å². The molecule has 0 aliphatic rings. The van der Waals surface area contributed by atoms with Crippen LogP contribution in [0.15, 0.2) is 6.07 Å². The summed E-state index contributed by atoms with van der Waals surface area (Å²) in [4.78, 5) is 0. The van der Waals surface area contributed by atoms with Crippen LogP contribution in [0.3, 0.4) is 0 Å². The highest BCUT2D eigenvalue weighted by Crippen LogP contribution is 2.30. The minimum absolute atomic E-state index is 0.125. The molecule has 0 saturated heterocycles. The van der Waals surface area contributed by atoms with Gasteiger partial charge in [-0.25, -0.2) is 13.5 Å². The molecule has 0 spiro atoms. The number of nitrogens with two attached hydrogens (primary N) is 1. The monoisotopic (exact) mass is 219 g/mol. The van der Waals surface area contributed by atoms with E-state index in [2.05, 4.69) is 5.10 Å². The summed E-state index contributed by atoms with van der Waals surface area (Å²) in [6.07, 6.45) is -2.51. The first kappa shape index (κ1) is 11.9. The molecule has 3 N–H and O–H groups in total. The number of alkyl halides is 2. The van der Waals surface area contributed by atoms with E-state index in [1.165, 1.54) is 24.6 Å². The van der Waals surface area contributed by atoms with Gasteiger partial charge in [0.1, 0.15) is 5.82 Å². The third-order valence-electron chi connectivity index (χ3n) is 2.33. The Morgan fingerprint density at radius 1 is 1.60 bits per heavy atom. The molecule has 4 nitrogen and oxygen atoms in total. The van der Waals surface area contributed by atoms with Crippen molar-refractivity contribution < 1.29 is 13.9 Å². The van der Waals surface area contributed by atoms with Crippen molar-refractivity contribution in [1.82, 2.24) is 9.78 Å². The Balaban J connectivity index is 3.01. The van der Waals surface area contributed by atoms with E-state index in [0.29, 0.717) is 0 Å². The van der Waals surface area contributed by atoms with Gasteiger partial charge in [-0.15, -0.1) is 0 Å². The number of hydrogen-bond acceptors (Lipinski definition) is 3. The lowest BCUT2D eigenvalue weighted by molar-refractivity contribution is 0.0667. The van der Waals surface area contributed by atoms with Gasteiger partial charge in [0.2, 0.25) is 6.43 Å². The second-order valence-electron chi connectivity index (χ2n) is 3.92. The molecular weight excluding hydrogens is 204 g/mol. The van der Waals surface area contributed by atoms with Crippen molar-refractivity contribution in [3.05, 3.63) is 11.8 Å². The third kappa shape index (κ3) is 2.26. The summed E-state index contributed by atoms with van der Waals surface area (Å²) in [6.45, 7) is 2.90. The van der Waals surface area contributed by atoms with Gasteiger partial charge in [-0.3, -0.25) is 0 Å². The Kier molecular flexibility index (Phi) is 3.28. The molecule has 1 aromatic rings. The van der Waals surface area contributed by atoms with E-state index in [-0.39, 0.29) is 24.7 Å². The van der Waals surface area contributed by atoms with E-state index in [0.717, 1.165) is 0 Å². The number of aliphatic hydroxyl groups excluding tert-OH is 1. The number of rotatable bonds is 4. The Labute approximate surface area is 86.7 Å². The first-order valence-electron chi connectivity index (χ1n) is 4.62. The lowest BCUT2D eigenvalue weighted by Crippen LogP contribution is -2.27. The highest BCUT2D eigenvalue weighted by molar-refractivity contribution is 5.34. The summed E-state index contributed by atoms with van der Waals surface area (Å²) in [5, 5.41) is 12.6. The minimum Gasteiger partial charge on any atom is -0.394 e. The fraction of sp³-hybridized carbons (Fsp3) is 0.667. The molecule has 0 aliphatic heterocycles. The maximum absolute atomic E-state index is 12.7. The molecule has 0 fully saturated rings. The van der Waals surface area contributed by atoms with Crippen molar-refractivity contribution >= 4 is 5.82 Å². The van der Waals surface area contributed by atoms with Gasteiger partial charge in [-0.1, -0.05) is 0 Å². The Morgan fingerprint density at radius 3 is 2.67 bits per heavy atom. The van der Waals surface area contributed by atoms with Crippen molar-refractivity contribution in [3.8, 4) is 0 Å². The summed E-state index contributed by atoms with van der Waals surface area (Å²) in [5.74, 6) is 0.285. The van der Waals surface area contributed by atoms with Crippen LogP contribution in [-0.4, -0.2) is 27.9 Å². The maximum Gasteiger partial charge on any atom is 0.249 e. The quantitative estimate of drug-likeness (QED) is 0.794. The largest absolute Gasteiger partial charge is 0.394 e. The molecule has 15 heavy (non-hydrogen) atoms. The van der Waals surface area contributed by atoms with Gasteiger partial charge in [-0.2, -0.15) is 5.10 Å². The van der Waals surface area contributed by atoms with Gasteiger partial charge in [-0.05, 0) is 13.8 Å². The molecule has 0 atom stereocenters. The van der Waals surface area contributed by atoms with Crippen molar-refractivity contribution in [1.29, 1.82) is 0 Å². The van der Waals surface area contributed by atoms with Crippen LogP contribution >= 0.6 is 0 Å². The number of nitrogen functional groups attached to an aromatic ring is 1. The Bertz CT molecular complexity index is 336. The first-order chi connectivity index (χ1) is 6.89. The highest BCUT2D eigenvalue weighted by Gasteiger charge is 2.34. The van der Waals surface area contributed by atoms with Crippen LogP contribution in [0.5, 0.6) is 0 Å². The molecule has 0 unspecified atom stereocenters. The van der Waals surface area contributed by atoms with E-state index in [1.54, 1.807) is 0 Å². The van der Waals surface area contributed by atoms with Crippen LogP contribution in [0.1, 0.15) is 19.5 Å². The van der Waals surface area contributed by atoms with Crippen molar-refractivity contribution in [2.24, 2.45) is 0 Å². The second kappa shape index (κ2) is 4.14. The Morgan fingerprint density at radius 2 is 2.20 bits per heavy atom. The molecule has 0 radical (unpaired) electrons. The van der Waals surface area contributed by atoms with Crippen LogP contribution < -0.4 is 5.73 Å². The molecule has 0 saturated carbocycles. The van der Waals surface area contributed by atoms with E-state index in [4.69, 9.17) is 10.8 Å². The average Bonchev–Trinajstić information content (AvgIpc) is 2.49. The molecule has 0 amide bonds. The first-order valence-corrected chi connectivity index (χ1v) is 4.62. The normalized spacial score (nSPS) is 12.4. The molecule has 0 aromatic carbocycles. The summed E-state index contributed by atoms with van der Waals surface area (Å²) < 4.78 is 26.7. The number of anilines is 1. The topological polar surface area (TPSA) is 64.1 Å². The summed E-state index contributed by atoms with van der Waals surface area (Å²) in [7, 11) is 0. The standard InChI is InChI=1S/C9H15F2N3O/c1-9(2,8(10)11)6-5-7(12)14(13-6)3-4-15/h5,8,15H,3-4,12H2,1-2H3. The van der Waals surface area contributed by atoms with Gasteiger partial charge >= 0.3 is 0 Å². The van der Waals surface area contributed by atoms with Crippen LogP contribution in [0.25, 0.3) is 0 Å². The fourth-order valence-electron chi connectivity index (χ4n) is 1.13. The lowest BCUT2D eigenvalue weighted by atomic mass is 9.90. The van der Waals surface area contributed by atoms with E-state index in [9.17, 15) is 8.78 Å². The van der Waals surface area contributed by atoms with E-state index >= 15 is 0 Å². The zero-order valence-corrected chi connectivity index (χ0v) is 8.74. The van der Waals surface area contributed by atoms with Gasteiger partial charge in [0, 0.05) is 6.07 Å². The van der Waals surface area contributed by atoms with E-state index < -0.39 is 11.8 Å². The predicted octanol–water partition coefficient (Wildman–Crippen LogP) is 1.00. The van der Waals surface area contributed by atoms with Crippen molar-refractivity contribution in [3.63, 3.8) is 0 Å². The SMILES string of the molecule is CC(C)(c1cc(N)n(CCO)n1)C(F)F. The molecule has 1 rings (SSSR count). The van der Waals surface area contributed by atoms with E-state index in [1.807, 2.05) is 0 Å². The summed E-state index contributed by atoms with van der Waals surface area (Å²) >= 11 is 0. The lowest BCUT2D eigenvalue weighted by Gasteiger charge is -2.20. The number of aromatic nitrogens is 2. The van der Waals surface area contributed by atoms with Crippen LogP contribution in [-0.2, 0) is 12.0 Å². The van der Waals surface area contributed by atoms with Crippen LogP contribution in [0, 0.1) is 0 Å². The molecule has 0 aliphatic carbocycles. The third-order valence-corrected chi connectivity index (χ3v) is 2.33. The zero-order valence-electron chi connectivity index (χ0n) is 8.74. The number of aliphatic hydroxyl groups is 1. The minimum atomic E-state index is -2.51. The maximum atomic E-state index is 12.7. The van der Waals surface area contributed by atoms with Crippen LogP contribution in [0.2, 0.25) is 0 Å². The molecule has 1 heterocycles.